The first-order valence-electron chi connectivity index (χ1n) is 11.2. The summed E-state index contributed by atoms with van der Waals surface area (Å²) in [5, 5.41) is 13.0. The standard InChI is InChI=1S/C27H30N2O3S/c1-19(2)25-18-29-13-5-4-7-26(29)27(25)33-24-10-8-22(9-11-24)32-14-6-12-28-20-15-21(30)17-23(16-20)31-3/h4-5,7-11,13,15-19,28,30H,6,12,14H2,1-3H3. The molecule has 0 aliphatic carbocycles. The maximum absolute atomic E-state index is 9.73. The van der Waals surface area contributed by atoms with Crippen molar-refractivity contribution in [1.82, 2.24) is 4.40 Å². The average molecular weight is 463 g/mol. The van der Waals surface area contributed by atoms with Gasteiger partial charge in [-0.25, -0.2) is 0 Å². The largest absolute Gasteiger partial charge is 0.508 e. The van der Waals surface area contributed by atoms with Gasteiger partial charge in [-0.2, -0.15) is 0 Å². The molecule has 33 heavy (non-hydrogen) atoms. The van der Waals surface area contributed by atoms with E-state index in [1.165, 1.54) is 20.9 Å². The maximum Gasteiger partial charge on any atom is 0.124 e. The number of benzene rings is 2. The van der Waals surface area contributed by atoms with Gasteiger partial charge in [0.2, 0.25) is 0 Å². The van der Waals surface area contributed by atoms with Gasteiger partial charge in [0.15, 0.2) is 0 Å². The molecule has 0 bridgehead atoms. The lowest BCUT2D eigenvalue weighted by atomic mass is 10.1. The van der Waals surface area contributed by atoms with E-state index in [-0.39, 0.29) is 5.75 Å². The molecule has 0 spiro atoms. The number of phenols is 1. The molecule has 2 aromatic carbocycles. The topological polar surface area (TPSA) is 55.1 Å². The molecule has 4 aromatic rings. The van der Waals surface area contributed by atoms with E-state index in [1.54, 1.807) is 31.0 Å². The number of phenolic OH excluding ortho intramolecular Hbond substituents is 1. The lowest BCUT2D eigenvalue weighted by Crippen LogP contribution is -2.07. The monoisotopic (exact) mass is 462 g/mol. The van der Waals surface area contributed by atoms with Crippen LogP contribution in [0.2, 0.25) is 0 Å². The van der Waals surface area contributed by atoms with E-state index in [0.29, 0.717) is 18.3 Å². The Kier molecular flexibility index (Phi) is 7.35. The van der Waals surface area contributed by atoms with Gasteiger partial charge in [0.05, 0.1) is 19.2 Å². The molecule has 0 saturated carbocycles. The van der Waals surface area contributed by atoms with Crippen LogP contribution < -0.4 is 14.8 Å². The SMILES string of the molecule is COc1cc(O)cc(NCCCOc2ccc(Sc3c(C(C)C)cn4ccccc34)cc2)c1. The molecular weight excluding hydrogens is 432 g/mol. The van der Waals surface area contributed by atoms with Gasteiger partial charge in [-0.05, 0) is 54.3 Å². The first kappa shape index (κ1) is 22.9. The van der Waals surface area contributed by atoms with Crippen molar-refractivity contribution in [2.75, 3.05) is 25.6 Å². The third-order valence-corrected chi connectivity index (χ3v) is 6.53. The summed E-state index contributed by atoms with van der Waals surface area (Å²) in [6, 6.07) is 19.7. The van der Waals surface area contributed by atoms with Crippen LogP contribution in [0.1, 0.15) is 31.7 Å². The van der Waals surface area contributed by atoms with E-state index in [2.05, 4.69) is 66.3 Å². The van der Waals surface area contributed by atoms with Gasteiger partial charge in [0, 0.05) is 52.6 Å². The van der Waals surface area contributed by atoms with Crippen LogP contribution in [-0.2, 0) is 0 Å². The van der Waals surface area contributed by atoms with Gasteiger partial charge in [0.1, 0.15) is 17.2 Å². The number of nitrogens with one attached hydrogen (secondary N) is 1. The molecule has 2 N–H and O–H groups in total. The van der Waals surface area contributed by atoms with Crippen molar-refractivity contribution in [3.05, 3.63) is 78.6 Å². The highest BCUT2D eigenvalue weighted by atomic mass is 32.2. The van der Waals surface area contributed by atoms with Crippen molar-refractivity contribution < 1.29 is 14.6 Å². The smallest absolute Gasteiger partial charge is 0.124 e. The molecule has 0 aliphatic rings. The lowest BCUT2D eigenvalue weighted by Gasteiger charge is -2.11. The highest BCUT2D eigenvalue weighted by Gasteiger charge is 2.14. The van der Waals surface area contributed by atoms with Crippen LogP contribution in [-0.4, -0.2) is 29.8 Å². The van der Waals surface area contributed by atoms with E-state index in [4.69, 9.17) is 9.47 Å². The molecule has 0 atom stereocenters. The zero-order valence-electron chi connectivity index (χ0n) is 19.2. The fourth-order valence-electron chi connectivity index (χ4n) is 3.66. The summed E-state index contributed by atoms with van der Waals surface area (Å²) in [6.07, 6.45) is 5.18. The summed E-state index contributed by atoms with van der Waals surface area (Å²) in [5.41, 5.74) is 3.43. The predicted octanol–water partition coefficient (Wildman–Crippen LogP) is 6.81. The second-order valence-corrected chi connectivity index (χ2v) is 9.27. The summed E-state index contributed by atoms with van der Waals surface area (Å²) in [7, 11) is 1.58. The minimum atomic E-state index is 0.180. The molecule has 0 amide bonds. The Labute approximate surface area is 199 Å². The Morgan fingerprint density at radius 3 is 2.61 bits per heavy atom. The van der Waals surface area contributed by atoms with Crippen molar-refractivity contribution in [2.24, 2.45) is 0 Å². The Bertz CT molecular complexity index is 1200. The third kappa shape index (κ3) is 5.76. The number of hydrogen-bond acceptors (Lipinski definition) is 5. The van der Waals surface area contributed by atoms with Crippen LogP contribution >= 0.6 is 11.8 Å². The highest BCUT2D eigenvalue weighted by Crippen LogP contribution is 2.38. The van der Waals surface area contributed by atoms with E-state index in [9.17, 15) is 5.11 Å². The number of ether oxygens (including phenoxy) is 2. The van der Waals surface area contributed by atoms with Gasteiger partial charge in [-0.3, -0.25) is 0 Å². The van der Waals surface area contributed by atoms with Crippen molar-refractivity contribution in [1.29, 1.82) is 0 Å². The molecule has 0 fully saturated rings. The zero-order chi connectivity index (χ0) is 23.2. The number of fused-ring (bicyclic) bond motifs is 1. The summed E-state index contributed by atoms with van der Waals surface area (Å²) in [6.45, 7) is 5.82. The molecule has 4 rings (SSSR count). The van der Waals surface area contributed by atoms with Crippen molar-refractivity contribution in [2.45, 2.75) is 36.0 Å². The zero-order valence-corrected chi connectivity index (χ0v) is 20.1. The van der Waals surface area contributed by atoms with Gasteiger partial charge in [-0.1, -0.05) is 31.7 Å². The van der Waals surface area contributed by atoms with E-state index >= 15 is 0 Å². The minimum Gasteiger partial charge on any atom is -0.508 e. The number of pyridine rings is 1. The minimum absolute atomic E-state index is 0.180. The molecule has 0 aliphatic heterocycles. The first-order valence-corrected chi connectivity index (χ1v) is 12.0. The fourth-order valence-corrected chi connectivity index (χ4v) is 4.85. The van der Waals surface area contributed by atoms with Gasteiger partial charge in [0.25, 0.3) is 0 Å². The molecule has 6 heteroatoms. The van der Waals surface area contributed by atoms with Crippen molar-refractivity contribution >= 4 is 23.0 Å². The second kappa shape index (κ2) is 10.6. The van der Waals surface area contributed by atoms with Crippen LogP contribution in [0, 0.1) is 0 Å². The Hall–Kier alpha value is -3.25. The predicted molar refractivity (Wildman–Crippen MR) is 135 cm³/mol. The van der Waals surface area contributed by atoms with Gasteiger partial charge >= 0.3 is 0 Å². The Balaban J connectivity index is 1.30. The van der Waals surface area contributed by atoms with Crippen LogP contribution in [0.25, 0.3) is 5.52 Å². The Morgan fingerprint density at radius 1 is 1.03 bits per heavy atom. The molecule has 172 valence electrons. The van der Waals surface area contributed by atoms with Crippen LogP contribution in [0.3, 0.4) is 0 Å². The quantitative estimate of drug-likeness (QED) is 0.254. The first-order chi connectivity index (χ1) is 16.0. The number of aromatic nitrogens is 1. The second-order valence-electron chi connectivity index (χ2n) is 8.18. The normalized spacial score (nSPS) is 11.2. The molecule has 5 nitrogen and oxygen atoms in total. The molecule has 0 unspecified atom stereocenters. The summed E-state index contributed by atoms with van der Waals surface area (Å²) in [5.74, 6) is 2.13. The van der Waals surface area contributed by atoms with E-state index < -0.39 is 0 Å². The number of methoxy groups -OCH3 is 1. The fraction of sp³-hybridized carbons (Fsp3) is 0.259. The number of nitrogens with zero attached hydrogens (tertiary/aromatic N) is 1. The number of rotatable bonds is 10. The average Bonchev–Trinajstić information content (AvgIpc) is 3.18. The summed E-state index contributed by atoms with van der Waals surface area (Å²) < 4.78 is 13.3. The third-order valence-electron chi connectivity index (χ3n) is 5.37. The number of hydrogen-bond donors (Lipinski definition) is 2. The number of anilines is 1. The Morgan fingerprint density at radius 2 is 1.85 bits per heavy atom. The van der Waals surface area contributed by atoms with Crippen LogP contribution in [0.15, 0.2) is 82.8 Å². The van der Waals surface area contributed by atoms with Crippen molar-refractivity contribution in [3.8, 4) is 17.2 Å². The molecule has 2 heterocycles. The maximum atomic E-state index is 9.73. The van der Waals surface area contributed by atoms with Crippen molar-refractivity contribution in [3.63, 3.8) is 0 Å². The molecule has 0 radical (unpaired) electrons. The van der Waals surface area contributed by atoms with Crippen LogP contribution in [0.4, 0.5) is 5.69 Å². The highest BCUT2D eigenvalue weighted by molar-refractivity contribution is 7.99. The number of aromatic hydroxyl groups is 1. The van der Waals surface area contributed by atoms with Crippen LogP contribution in [0.5, 0.6) is 17.2 Å². The lowest BCUT2D eigenvalue weighted by molar-refractivity contribution is 0.315. The van der Waals surface area contributed by atoms with Gasteiger partial charge < -0.3 is 24.3 Å². The molecule has 0 saturated heterocycles. The summed E-state index contributed by atoms with van der Waals surface area (Å²) in [4.78, 5) is 2.51. The molecular formula is C27H30N2O3S. The van der Waals surface area contributed by atoms with Gasteiger partial charge in [-0.15, -0.1) is 0 Å². The van der Waals surface area contributed by atoms with E-state index in [0.717, 1.165) is 24.4 Å². The summed E-state index contributed by atoms with van der Waals surface area (Å²) >= 11 is 1.80. The van der Waals surface area contributed by atoms with E-state index in [1.807, 2.05) is 18.2 Å². The molecule has 2 aromatic heterocycles.